The summed E-state index contributed by atoms with van der Waals surface area (Å²) in [5.74, 6) is -0.740. The molecule has 7 nitrogen and oxygen atoms in total. The molecule has 36 heavy (non-hydrogen) atoms. The van der Waals surface area contributed by atoms with Gasteiger partial charge in [-0.2, -0.15) is 0 Å². The van der Waals surface area contributed by atoms with Crippen LogP contribution in [0.15, 0.2) is 24.5 Å². The van der Waals surface area contributed by atoms with Crippen molar-refractivity contribution >= 4 is 39.1 Å². The highest BCUT2D eigenvalue weighted by Gasteiger charge is 2.42. The Morgan fingerprint density at radius 3 is 2.83 bits per heavy atom. The minimum Gasteiger partial charge on any atom is -0.481 e. The number of hydrogen-bond donors (Lipinski definition) is 3. The molecule has 3 aromatic rings. The summed E-state index contributed by atoms with van der Waals surface area (Å²) in [6, 6.07) is 6.13. The number of rotatable bonds is 9. The number of hydrogen-bond acceptors (Lipinski definition) is 7. The molecule has 1 saturated heterocycles. The lowest BCUT2D eigenvalue weighted by Gasteiger charge is -2.37. The van der Waals surface area contributed by atoms with E-state index in [2.05, 4.69) is 42.5 Å². The summed E-state index contributed by atoms with van der Waals surface area (Å²) in [7, 11) is 0. The molecule has 1 unspecified atom stereocenters. The van der Waals surface area contributed by atoms with Crippen molar-refractivity contribution in [2.75, 3.05) is 13.1 Å². The zero-order chi connectivity index (χ0) is 25.5. The number of carboxylic acid groups (broad SMARTS) is 1. The van der Waals surface area contributed by atoms with Crippen LogP contribution in [0.2, 0.25) is 5.02 Å². The Labute approximate surface area is 220 Å². The van der Waals surface area contributed by atoms with Gasteiger partial charge in [0.25, 0.3) is 0 Å². The van der Waals surface area contributed by atoms with E-state index in [1.54, 1.807) is 17.7 Å². The number of aryl methyl sites for hydroxylation is 1. The molecule has 0 amide bonds. The van der Waals surface area contributed by atoms with Crippen LogP contribution in [0.4, 0.5) is 0 Å². The predicted octanol–water partition coefficient (Wildman–Crippen LogP) is 5.12. The zero-order valence-electron chi connectivity index (χ0n) is 21.0. The van der Waals surface area contributed by atoms with Crippen LogP contribution in [-0.2, 0) is 22.5 Å². The number of morpholine rings is 1. The third-order valence-corrected chi connectivity index (χ3v) is 8.55. The molecular formula is C27H33ClN4O3S. The van der Waals surface area contributed by atoms with Crippen LogP contribution in [-0.4, -0.2) is 51.4 Å². The van der Waals surface area contributed by atoms with Crippen molar-refractivity contribution in [2.24, 2.45) is 0 Å². The van der Waals surface area contributed by atoms with E-state index < -0.39 is 5.97 Å². The van der Waals surface area contributed by atoms with Crippen LogP contribution in [0.25, 0.3) is 21.5 Å². The van der Waals surface area contributed by atoms with Gasteiger partial charge in [0.1, 0.15) is 6.33 Å². The van der Waals surface area contributed by atoms with Crippen LogP contribution in [0.5, 0.6) is 0 Å². The molecule has 2 aliphatic rings. The predicted molar refractivity (Wildman–Crippen MR) is 144 cm³/mol. The molecule has 1 saturated carbocycles. The van der Waals surface area contributed by atoms with Gasteiger partial charge in [-0.05, 0) is 69.4 Å². The molecule has 2 fully saturated rings. The van der Waals surface area contributed by atoms with Crippen molar-refractivity contribution in [2.45, 2.75) is 76.7 Å². The molecule has 1 aliphatic heterocycles. The van der Waals surface area contributed by atoms with Gasteiger partial charge in [0, 0.05) is 53.5 Å². The number of carboxylic acids is 1. The topological polar surface area (TPSA) is 96.4 Å². The number of halogens is 1. The smallest absolute Gasteiger partial charge is 0.303 e. The Morgan fingerprint density at radius 2 is 2.11 bits per heavy atom. The number of thiophene rings is 1. The number of ether oxygens (including phenoxy) is 1. The quantitative estimate of drug-likeness (QED) is 0.355. The van der Waals surface area contributed by atoms with Crippen molar-refractivity contribution in [1.82, 2.24) is 20.6 Å². The first-order valence-electron chi connectivity index (χ1n) is 12.5. The third kappa shape index (κ3) is 5.73. The van der Waals surface area contributed by atoms with E-state index in [-0.39, 0.29) is 23.7 Å². The summed E-state index contributed by atoms with van der Waals surface area (Å²) in [6.45, 7) is 8.67. The van der Waals surface area contributed by atoms with E-state index in [0.29, 0.717) is 18.0 Å². The first kappa shape index (κ1) is 25.5. The third-order valence-electron chi connectivity index (χ3n) is 7.20. The van der Waals surface area contributed by atoms with E-state index in [1.807, 2.05) is 12.1 Å². The fourth-order valence-corrected chi connectivity index (χ4v) is 6.46. The number of carbonyl (C=O) groups is 1. The van der Waals surface area contributed by atoms with Crippen molar-refractivity contribution < 1.29 is 14.6 Å². The molecule has 3 N–H and O–H groups in total. The Morgan fingerprint density at radius 1 is 1.31 bits per heavy atom. The number of fused-ring (bicyclic) bond motifs is 1. The number of aliphatic carboxylic acids is 1. The average molecular weight is 529 g/mol. The summed E-state index contributed by atoms with van der Waals surface area (Å²) in [5.41, 5.74) is 4.92. The van der Waals surface area contributed by atoms with Crippen LogP contribution >= 0.6 is 22.9 Å². The first-order valence-corrected chi connectivity index (χ1v) is 13.7. The molecular weight excluding hydrogens is 496 g/mol. The van der Waals surface area contributed by atoms with E-state index in [1.165, 1.54) is 5.56 Å². The second-order valence-corrected chi connectivity index (χ2v) is 12.3. The van der Waals surface area contributed by atoms with Crippen LogP contribution < -0.4 is 10.6 Å². The minimum atomic E-state index is -0.740. The largest absolute Gasteiger partial charge is 0.481 e. The van der Waals surface area contributed by atoms with Gasteiger partial charge in [0.15, 0.2) is 0 Å². The molecule has 1 aliphatic carbocycles. The van der Waals surface area contributed by atoms with E-state index in [0.717, 1.165) is 64.3 Å². The van der Waals surface area contributed by atoms with Gasteiger partial charge in [0.2, 0.25) is 0 Å². The molecule has 2 aromatic heterocycles. The first-order chi connectivity index (χ1) is 17.1. The van der Waals surface area contributed by atoms with E-state index in [4.69, 9.17) is 26.4 Å². The molecule has 0 radical (unpaired) electrons. The van der Waals surface area contributed by atoms with Gasteiger partial charge < -0.3 is 20.5 Å². The number of benzene rings is 1. The fraction of sp³-hybridized carbons (Fsp3) is 0.519. The molecule has 1 aromatic carbocycles. The standard InChI is InChI=1S/C27H33ClN4O3S/c1-16-8-17(28)9-21(20(16)10-18-12-29-14-26(2,3)35-18)24-25-22(30-15-31-24)11-19(36-25)13-32-27(6-7-27)5-4-23(33)34/h8-9,11,15,18,29,32H,4-7,10,12-14H2,1-3H3,(H,33,34). The maximum Gasteiger partial charge on any atom is 0.303 e. The summed E-state index contributed by atoms with van der Waals surface area (Å²) in [5, 5.41) is 16.8. The molecule has 3 heterocycles. The Hall–Kier alpha value is -2.10. The van der Waals surface area contributed by atoms with Crippen molar-refractivity contribution in [3.8, 4) is 11.3 Å². The maximum absolute atomic E-state index is 11.0. The highest BCUT2D eigenvalue weighted by Crippen LogP contribution is 2.41. The molecule has 5 rings (SSSR count). The van der Waals surface area contributed by atoms with Crippen LogP contribution in [0, 0.1) is 6.92 Å². The summed E-state index contributed by atoms with van der Waals surface area (Å²) in [4.78, 5) is 21.4. The lowest BCUT2D eigenvalue weighted by Crippen LogP contribution is -2.51. The summed E-state index contributed by atoms with van der Waals surface area (Å²) in [6.07, 6.45) is 5.37. The van der Waals surface area contributed by atoms with Crippen LogP contribution in [0.3, 0.4) is 0 Å². The lowest BCUT2D eigenvalue weighted by molar-refractivity contribution is -0.137. The fourth-order valence-electron chi connectivity index (χ4n) is 5.14. The Bertz CT molecular complexity index is 1290. The minimum absolute atomic E-state index is 0.0396. The average Bonchev–Trinajstić information content (AvgIpc) is 3.46. The second kappa shape index (κ2) is 9.99. The SMILES string of the molecule is Cc1cc(Cl)cc(-c2ncnc3cc(CNC4(CCC(=O)O)CC4)sc23)c1CC1CNCC(C)(C)O1. The molecule has 0 spiro atoms. The monoisotopic (exact) mass is 528 g/mol. The Balaban J connectivity index is 1.43. The summed E-state index contributed by atoms with van der Waals surface area (Å²) < 4.78 is 7.42. The lowest BCUT2D eigenvalue weighted by atomic mass is 9.93. The van der Waals surface area contributed by atoms with E-state index >= 15 is 0 Å². The van der Waals surface area contributed by atoms with Gasteiger partial charge in [-0.3, -0.25) is 4.79 Å². The number of nitrogens with one attached hydrogen (secondary N) is 2. The van der Waals surface area contributed by atoms with Gasteiger partial charge in [-0.15, -0.1) is 11.3 Å². The van der Waals surface area contributed by atoms with Crippen molar-refractivity contribution in [3.63, 3.8) is 0 Å². The molecule has 192 valence electrons. The van der Waals surface area contributed by atoms with Gasteiger partial charge in [0.05, 0.1) is 27.6 Å². The summed E-state index contributed by atoms with van der Waals surface area (Å²) >= 11 is 8.23. The normalized spacial score (nSPS) is 20.5. The zero-order valence-corrected chi connectivity index (χ0v) is 22.6. The van der Waals surface area contributed by atoms with Crippen molar-refractivity contribution in [1.29, 1.82) is 0 Å². The van der Waals surface area contributed by atoms with Gasteiger partial charge in [-0.25, -0.2) is 9.97 Å². The number of aromatic nitrogens is 2. The van der Waals surface area contributed by atoms with Gasteiger partial charge in [-0.1, -0.05) is 11.6 Å². The highest BCUT2D eigenvalue weighted by atomic mass is 35.5. The number of nitrogens with zero attached hydrogens (tertiary/aromatic N) is 2. The molecule has 9 heteroatoms. The van der Waals surface area contributed by atoms with Crippen LogP contribution in [0.1, 0.15) is 55.5 Å². The maximum atomic E-state index is 11.0. The van der Waals surface area contributed by atoms with Crippen molar-refractivity contribution in [3.05, 3.63) is 45.6 Å². The Kier molecular flexibility index (Phi) is 7.09. The van der Waals surface area contributed by atoms with E-state index in [9.17, 15) is 4.79 Å². The molecule has 0 bridgehead atoms. The molecule has 1 atom stereocenters. The second-order valence-electron chi connectivity index (χ2n) is 10.8. The van der Waals surface area contributed by atoms with Gasteiger partial charge >= 0.3 is 5.97 Å². The highest BCUT2D eigenvalue weighted by molar-refractivity contribution is 7.19.